The van der Waals surface area contributed by atoms with Crippen molar-refractivity contribution >= 4 is 23.3 Å². The monoisotopic (exact) mass is 265 g/mol. The molecule has 18 heavy (non-hydrogen) atoms. The van der Waals surface area contributed by atoms with E-state index in [9.17, 15) is 4.79 Å². The number of ether oxygens (including phenoxy) is 1. The molecule has 0 atom stereocenters. The number of aromatic nitrogens is 2. The Morgan fingerprint density at radius 2 is 2.17 bits per heavy atom. The number of aromatic amines is 1. The molecule has 0 saturated carbocycles. The van der Waals surface area contributed by atoms with E-state index in [0.29, 0.717) is 16.6 Å². The van der Waals surface area contributed by atoms with Crippen LogP contribution in [0, 0.1) is 6.92 Å². The zero-order chi connectivity index (χ0) is 13.0. The van der Waals surface area contributed by atoms with E-state index in [1.54, 1.807) is 30.3 Å². The molecule has 94 valence electrons. The van der Waals surface area contributed by atoms with Gasteiger partial charge in [-0.2, -0.15) is 5.10 Å². The van der Waals surface area contributed by atoms with Crippen molar-refractivity contribution in [3.63, 3.8) is 0 Å². The standard InChI is InChI=1S/C12H12ClN3O2/c1-8-6-11(16-15-8)14-12(17)7-18-10-4-2-9(13)3-5-10/h2-6H,7H2,1H3,(H2,14,15,16,17). The Bertz CT molecular complexity index is 537. The van der Waals surface area contributed by atoms with Crippen LogP contribution in [-0.4, -0.2) is 22.7 Å². The first kappa shape index (κ1) is 12.4. The Balaban J connectivity index is 1.83. The van der Waals surface area contributed by atoms with Crippen molar-refractivity contribution in [2.24, 2.45) is 0 Å². The number of aryl methyl sites for hydroxylation is 1. The van der Waals surface area contributed by atoms with E-state index in [1.807, 2.05) is 6.92 Å². The second kappa shape index (κ2) is 5.55. The number of nitrogens with one attached hydrogen (secondary N) is 2. The van der Waals surface area contributed by atoms with Gasteiger partial charge in [0.2, 0.25) is 0 Å². The molecule has 1 aromatic heterocycles. The number of rotatable bonds is 4. The molecular weight excluding hydrogens is 254 g/mol. The highest BCUT2D eigenvalue weighted by molar-refractivity contribution is 6.30. The molecule has 0 aliphatic carbocycles. The molecule has 0 fully saturated rings. The van der Waals surface area contributed by atoms with Gasteiger partial charge in [0.25, 0.3) is 5.91 Å². The normalized spacial score (nSPS) is 10.1. The van der Waals surface area contributed by atoms with Gasteiger partial charge in [-0.05, 0) is 31.2 Å². The molecule has 6 heteroatoms. The van der Waals surface area contributed by atoms with Crippen LogP contribution in [0.2, 0.25) is 5.02 Å². The summed E-state index contributed by atoms with van der Waals surface area (Å²) >= 11 is 5.74. The van der Waals surface area contributed by atoms with Crippen molar-refractivity contribution in [1.82, 2.24) is 10.2 Å². The van der Waals surface area contributed by atoms with Crippen LogP contribution in [-0.2, 0) is 4.79 Å². The molecule has 0 aliphatic rings. The van der Waals surface area contributed by atoms with Crippen LogP contribution >= 0.6 is 11.6 Å². The summed E-state index contributed by atoms with van der Waals surface area (Å²) in [5.74, 6) is 0.807. The smallest absolute Gasteiger partial charge is 0.263 e. The van der Waals surface area contributed by atoms with Crippen LogP contribution in [0.4, 0.5) is 5.82 Å². The largest absolute Gasteiger partial charge is 0.484 e. The average Bonchev–Trinajstić information content (AvgIpc) is 2.74. The molecule has 0 bridgehead atoms. The van der Waals surface area contributed by atoms with Crippen molar-refractivity contribution in [1.29, 1.82) is 0 Å². The highest BCUT2D eigenvalue weighted by Crippen LogP contribution is 2.15. The minimum absolute atomic E-state index is 0.0759. The van der Waals surface area contributed by atoms with Crippen molar-refractivity contribution < 1.29 is 9.53 Å². The number of hydrogen-bond donors (Lipinski definition) is 2. The van der Waals surface area contributed by atoms with Gasteiger partial charge in [-0.3, -0.25) is 9.89 Å². The van der Waals surface area contributed by atoms with Gasteiger partial charge < -0.3 is 10.1 Å². The zero-order valence-corrected chi connectivity index (χ0v) is 10.5. The van der Waals surface area contributed by atoms with Crippen molar-refractivity contribution in [2.45, 2.75) is 6.92 Å². The highest BCUT2D eigenvalue weighted by atomic mass is 35.5. The second-order valence-corrected chi connectivity index (χ2v) is 4.16. The number of nitrogens with zero attached hydrogens (tertiary/aromatic N) is 1. The fraction of sp³-hybridized carbons (Fsp3) is 0.167. The van der Waals surface area contributed by atoms with Gasteiger partial charge in [0.1, 0.15) is 5.75 Å². The van der Waals surface area contributed by atoms with Gasteiger partial charge in [0, 0.05) is 16.8 Å². The Morgan fingerprint density at radius 1 is 1.44 bits per heavy atom. The van der Waals surface area contributed by atoms with Crippen molar-refractivity contribution in [3.05, 3.63) is 41.0 Å². The number of carbonyl (C=O) groups is 1. The number of H-pyrrole nitrogens is 1. The van der Waals surface area contributed by atoms with Crippen LogP contribution in [0.5, 0.6) is 5.75 Å². The maximum absolute atomic E-state index is 11.5. The molecule has 0 radical (unpaired) electrons. The molecule has 0 spiro atoms. The summed E-state index contributed by atoms with van der Waals surface area (Å²) in [7, 11) is 0. The van der Waals surface area contributed by atoms with Crippen molar-refractivity contribution in [2.75, 3.05) is 11.9 Å². The third kappa shape index (κ3) is 3.49. The Morgan fingerprint density at radius 3 is 2.78 bits per heavy atom. The van der Waals surface area contributed by atoms with Gasteiger partial charge >= 0.3 is 0 Å². The van der Waals surface area contributed by atoms with Crippen LogP contribution in [0.3, 0.4) is 0 Å². The molecule has 1 heterocycles. The predicted molar refractivity (Wildman–Crippen MR) is 68.9 cm³/mol. The number of hydrogen-bond acceptors (Lipinski definition) is 3. The molecule has 2 N–H and O–H groups in total. The number of anilines is 1. The molecule has 0 aliphatic heterocycles. The lowest BCUT2D eigenvalue weighted by Gasteiger charge is -2.05. The van der Waals surface area contributed by atoms with E-state index < -0.39 is 0 Å². The number of amides is 1. The fourth-order valence-electron chi connectivity index (χ4n) is 1.34. The lowest BCUT2D eigenvalue weighted by Crippen LogP contribution is -2.20. The van der Waals surface area contributed by atoms with Gasteiger partial charge in [0.15, 0.2) is 12.4 Å². The minimum atomic E-state index is -0.267. The third-order valence-electron chi connectivity index (χ3n) is 2.16. The maximum atomic E-state index is 11.5. The molecule has 2 rings (SSSR count). The lowest BCUT2D eigenvalue weighted by molar-refractivity contribution is -0.118. The average molecular weight is 266 g/mol. The van der Waals surface area contributed by atoms with Gasteiger partial charge in [-0.15, -0.1) is 0 Å². The predicted octanol–water partition coefficient (Wildman–Crippen LogP) is 2.39. The summed E-state index contributed by atoms with van der Waals surface area (Å²) in [5, 5.41) is 9.86. The number of benzene rings is 1. The van der Waals surface area contributed by atoms with Crippen LogP contribution < -0.4 is 10.1 Å². The molecular formula is C12H12ClN3O2. The zero-order valence-electron chi connectivity index (χ0n) is 9.74. The van der Waals surface area contributed by atoms with Gasteiger partial charge in [0.05, 0.1) is 0 Å². The summed E-state index contributed by atoms with van der Waals surface area (Å²) in [6, 6.07) is 8.54. The van der Waals surface area contributed by atoms with Gasteiger partial charge in [-0.1, -0.05) is 11.6 Å². The van der Waals surface area contributed by atoms with E-state index >= 15 is 0 Å². The molecule has 1 amide bonds. The van der Waals surface area contributed by atoms with Crippen LogP contribution in [0.15, 0.2) is 30.3 Å². The summed E-state index contributed by atoms with van der Waals surface area (Å²) in [5.41, 5.74) is 0.879. The van der Waals surface area contributed by atoms with Gasteiger partial charge in [-0.25, -0.2) is 0 Å². The highest BCUT2D eigenvalue weighted by Gasteiger charge is 2.05. The molecule has 2 aromatic rings. The maximum Gasteiger partial charge on any atom is 0.263 e. The van der Waals surface area contributed by atoms with E-state index in [2.05, 4.69) is 15.5 Å². The molecule has 0 unspecified atom stereocenters. The SMILES string of the molecule is Cc1cc(NC(=O)COc2ccc(Cl)cc2)n[nH]1. The molecule has 5 nitrogen and oxygen atoms in total. The number of halogens is 1. The summed E-state index contributed by atoms with van der Waals surface area (Å²) in [4.78, 5) is 11.5. The van der Waals surface area contributed by atoms with E-state index in [-0.39, 0.29) is 12.5 Å². The number of carbonyl (C=O) groups excluding carboxylic acids is 1. The fourth-order valence-corrected chi connectivity index (χ4v) is 1.47. The topological polar surface area (TPSA) is 67.0 Å². The first-order valence-electron chi connectivity index (χ1n) is 5.34. The van der Waals surface area contributed by atoms with Crippen LogP contribution in [0.25, 0.3) is 0 Å². The quantitative estimate of drug-likeness (QED) is 0.892. The second-order valence-electron chi connectivity index (χ2n) is 3.73. The first-order chi connectivity index (χ1) is 8.63. The summed E-state index contributed by atoms with van der Waals surface area (Å²) in [6.07, 6.45) is 0. The van der Waals surface area contributed by atoms with Crippen molar-refractivity contribution in [3.8, 4) is 5.75 Å². The third-order valence-corrected chi connectivity index (χ3v) is 2.41. The Labute approximate surface area is 109 Å². The molecule has 1 aromatic carbocycles. The molecule has 0 saturated heterocycles. The van der Waals surface area contributed by atoms with E-state index in [1.165, 1.54) is 0 Å². The van der Waals surface area contributed by atoms with Crippen LogP contribution in [0.1, 0.15) is 5.69 Å². The minimum Gasteiger partial charge on any atom is -0.484 e. The van der Waals surface area contributed by atoms with E-state index in [0.717, 1.165) is 5.69 Å². The summed E-state index contributed by atoms with van der Waals surface area (Å²) in [6.45, 7) is 1.78. The Hall–Kier alpha value is -2.01. The Kier molecular flexibility index (Phi) is 3.84. The lowest BCUT2D eigenvalue weighted by atomic mass is 10.3. The first-order valence-corrected chi connectivity index (χ1v) is 5.71. The van der Waals surface area contributed by atoms with E-state index in [4.69, 9.17) is 16.3 Å². The summed E-state index contributed by atoms with van der Waals surface area (Å²) < 4.78 is 5.29.